The fourth-order valence-electron chi connectivity index (χ4n) is 3.05. The minimum atomic E-state index is -3.69. The molecule has 7 nitrogen and oxygen atoms in total. The van der Waals surface area contributed by atoms with E-state index in [1.807, 2.05) is 37.3 Å². The van der Waals surface area contributed by atoms with Crippen LogP contribution in [0.3, 0.4) is 0 Å². The van der Waals surface area contributed by atoms with Crippen LogP contribution < -0.4 is 5.32 Å². The van der Waals surface area contributed by atoms with Gasteiger partial charge in [-0.3, -0.25) is 4.79 Å². The van der Waals surface area contributed by atoms with Gasteiger partial charge in [-0.25, -0.2) is 12.7 Å². The lowest BCUT2D eigenvalue weighted by Crippen LogP contribution is -2.32. The van der Waals surface area contributed by atoms with Crippen molar-refractivity contribution in [3.8, 4) is 0 Å². The van der Waals surface area contributed by atoms with Gasteiger partial charge in [-0.15, -0.1) is 10.2 Å². The Morgan fingerprint density at radius 1 is 1.13 bits per heavy atom. The predicted molar refractivity (Wildman–Crippen MR) is 126 cm³/mol. The van der Waals surface area contributed by atoms with Crippen molar-refractivity contribution in [2.75, 3.05) is 18.9 Å². The first-order valence-electron chi connectivity index (χ1n) is 9.68. The van der Waals surface area contributed by atoms with E-state index >= 15 is 0 Å². The first-order chi connectivity index (χ1) is 14.8. The van der Waals surface area contributed by atoms with Gasteiger partial charge in [-0.2, -0.15) is 0 Å². The summed E-state index contributed by atoms with van der Waals surface area (Å²) in [6, 6.07) is 15.9. The van der Waals surface area contributed by atoms with Crippen LogP contribution in [0.4, 0.5) is 5.13 Å². The molecule has 1 atom stereocenters. The number of nitrogens with one attached hydrogen (secondary N) is 1. The summed E-state index contributed by atoms with van der Waals surface area (Å²) >= 11 is 4.66. The number of hydrogen-bond donors (Lipinski definition) is 1. The Bertz CT molecular complexity index is 1120. The van der Waals surface area contributed by atoms with Crippen LogP contribution in [-0.4, -0.2) is 42.4 Å². The first kappa shape index (κ1) is 23.5. The van der Waals surface area contributed by atoms with Crippen molar-refractivity contribution in [1.29, 1.82) is 0 Å². The van der Waals surface area contributed by atoms with Gasteiger partial charge in [0, 0.05) is 30.4 Å². The lowest BCUT2D eigenvalue weighted by atomic mass is 9.95. The molecule has 1 N–H and O–H groups in total. The molecule has 0 radical (unpaired) electrons. The van der Waals surface area contributed by atoms with Crippen LogP contribution >= 0.6 is 27.3 Å². The third kappa shape index (κ3) is 6.19. The number of halogens is 1. The van der Waals surface area contributed by atoms with E-state index in [-0.39, 0.29) is 29.7 Å². The van der Waals surface area contributed by atoms with Crippen molar-refractivity contribution >= 4 is 48.3 Å². The molecule has 0 fully saturated rings. The van der Waals surface area contributed by atoms with Crippen LogP contribution in [0.25, 0.3) is 0 Å². The maximum atomic E-state index is 13.0. The average molecular weight is 523 g/mol. The Hall–Kier alpha value is -2.14. The van der Waals surface area contributed by atoms with Crippen LogP contribution in [0.5, 0.6) is 0 Å². The van der Waals surface area contributed by atoms with Crippen molar-refractivity contribution in [3.05, 3.63) is 69.6 Å². The van der Waals surface area contributed by atoms with Gasteiger partial charge in [-0.05, 0) is 36.2 Å². The van der Waals surface area contributed by atoms with Crippen LogP contribution in [0.2, 0.25) is 0 Å². The third-order valence-electron chi connectivity index (χ3n) is 4.72. The lowest BCUT2D eigenvalue weighted by molar-refractivity contribution is -0.116. The molecule has 0 saturated carbocycles. The van der Waals surface area contributed by atoms with Gasteiger partial charge in [0.25, 0.3) is 0 Å². The maximum Gasteiger partial charge on any atom is 0.242 e. The summed E-state index contributed by atoms with van der Waals surface area (Å²) in [5.41, 5.74) is 0.891. The number of likely N-dealkylation sites (N-methyl/N-ethyl adjacent to an activating group) is 1. The Morgan fingerprint density at radius 2 is 1.81 bits per heavy atom. The van der Waals surface area contributed by atoms with Crippen molar-refractivity contribution in [3.63, 3.8) is 0 Å². The third-order valence-corrected chi connectivity index (χ3v) is 8.07. The molecule has 0 aliphatic heterocycles. The van der Waals surface area contributed by atoms with Gasteiger partial charge in [-0.1, -0.05) is 64.5 Å². The Labute approximate surface area is 194 Å². The van der Waals surface area contributed by atoms with Gasteiger partial charge >= 0.3 is 0 Å². The molecule has 164 valence electrons. The molecule has 1 heterocycles. The van der Waals surface area contributed by atoms with E-state index in [9.17, 15) is 13.2 Å². The van der Waals surface area contributed by atoms with Crippen molar-refractivity contribution < 1.29 is 13.2 Å². The molecule has 0 spiro atoms. The van der Waals surface area contributed by atoms with Crippen LogP contribution in [0.15, 0.2) is 64.0 Å². The topological polar surface area (TPSA) is 92.3 Å². The second-order valence-electron chi connectivity index (χ2n) is 6.95. The average Bonchev–Trinajstić information content (AvgIpc) is 3.21. The molecule has 0 aliphatic carbocycles. The number of amides is 1. The summed E-state index contributed by atoms with van der Waals surface area (Å²) in [6.07, 6.45) is 0.865. The number of benzene rings is 2. The highest BCUT2D eigenvalue weighted by Gasteiger charge is 2.26. The largest absolute Gasteiger partial charge is 0.301 e. The molecule has 3 rings (SSSR count). The molecule has 10 heteroatoms. The number of hydrogen-bond acceptors (Lipinski definition) is 6. The molecular weight excluding hydrogens is 500 g/mol. The number of aromatic nitrogens is 2. The quantitative estimate of drug-likeness (QED) is 0.452. The molecular formula is C21H23BrN4O3S2. The second kappa shape index (κ2) is 10.4. The molecule has 0 saturated heterocycles. The molecule has 0 bridgehead atoms. The van der Waals surface area contributed by atoms with Crippen molar-refractivity contribution in [1.82, 2.24) is 14.5 Å². The maximum absolute atomic E-state index is 13.0. The summed E-state index contributed by atoms with van der Waals surface area (Å²) in [4.78, 5) is 12.9. The highest BCUT2D eigenvalue weighted by molar-refractivity contribution is 9.10. The van der Waals surface area contributed by atoms with Gasteiger partial charge in [0.15, 0.2) is 0 Å². The second-order valence-corrected chi connectivity index (χ2v) is 11.0. The monoisotopic (exact) mass is 522 g/mol. The molecule has 3 aromatic rings. The number of nitrogens with zero attached hydrogens (tertiary/aromatic N) is 3. The summed E-state index contributed by atoms with van der Waals surface area (Å²) in [5.74, 6) is -0.558. The number of carbonyl (C=O) groups excluding carboxylic acids is 1. The van der Waals surface area contributed by atoms with Crippen molar-refractivity contribution in [2.45, 2.75) is 30.6 Å². The number of anilines is 1. The number of sulfonamides is 1. The van der Waals surface area contributed by atoms with Crippen molar-refractivity contribution in [2.24, 2.45) is 0 Å². The zero-order chi connectivity index (χ0) is 22.4. The smallest absolute Gasteiger partial charge is 0.242 e. The Kier molecular flexibility index (Phi) is 7.93. The van der Waals surface area contributed by atoms with E-state index in [4.69, 9.17) is 0 Å². The van der Waals surface area contributed by atoms with E-state index in [0.29, 0.717) is 5.13 Å². The Morgan fingerprint density at radius 3 is 2.42 bits per heavy atom. The van der Waals surface area contributed by atoms with Crippen LogP contribution in [0, 0.1) is 0 Å². The normalized spacial score (nSPS) is 12.6. The van der Waals surface area contributed by atoms with E-state index < -0.39 is 10.0 Å². The summed E-state index contributed by atoms with van der Waals surface area (Å²) < 4.78 is 28.1. The SMILES string of the molecule is CCc1nnc(NC(=O)CC(CN(C)S(=O)(=O)c2ccc(Br)cc2)c2ccccc2)s1. The fraction of sp³-hybridized carbons (Fsp3) is 0.286. The van der Waals surface area contributed by atoms with Gasteiger partial charge in [0.1, 0.15) is 5.01 Å². The summed E-state index contributed by atoms with van der Waals surface area (Å²) in [5, 5.41) is 12.1. The number of rotatable bonds is 9. The van der Waals surface area contributed by atoms with Gasteiger partial charge in [0.2, 0.25) is 21.1 Å². The van der Waals surface area contributed by atoms with Crippen LogP contribution in [-0.2, 0) is 21.2 Å². The van der Waals surface area contributed by atoms with Gasteiger partial charge in [0.05, 0.1) is 4.90 Å². The molecule has 1 amide bonds. The molecule has 0 aliphatic rings. The molecule has 1 aromatic heterocycles. The summed E-state index contributed by atoms with van der Waals surface area (Å²) in [7, 11) is -2.16. The minimum absolute atomic E-state index is 0.116. The standard InChI is InChI=1S/C21H23BrN4O3S2/c1-3-20-24-25-21(30-20)23-19(27)13-16(15-7-5-4-6-8-15)14-26(2)31(28,29)18-11-9-17(22)10-12-18/h4-12,16H,3,13-14H2,1-2H3,(H,23,25,27). The van der Waals surface area contributed by atoms with E-state index in [1.54, 1.807) is 24.3 Å². The van der Waals surface area contributed by atoms with Gasteiger partial charge < -0.3 is 5.32 Å². The Balaban J connectivity index is 1.77. The minimum Gasteiger partial charge on any atom is -0.301 e. The van der Waals surface area contributed by atoms with Crippen LogP contribution in [0.1, 0.15) is 29.8 Å². The lowest BCUT2D eigenvalue weighted by Gasteiger charge is -2.24. The summed E-state index contributed by atoms with van der Waals surface area (Å²) in [6.45, 7) is 2.13. The predicted octanol–water partition coefficient (Wildman–Crippen LogP) is 4.30. The zero-order valence-corrected chi connectivity index (χ0v) is 20.4. The van der Waals surface area contributed by atoms with E-state index in [1.165, 1.54) is 22.7 Å². The number of aryl methyl sites for hydroxylation is 1. The first-order valence-corrected chi connectivity index (χ1v) is 12.7. The fourth-order valence-corrected chi connectivity index (χ4v) is 5.23. The highest BCUT2D eigenvalue weighted by atomic mass is 79.9. The molecule has 31 heavy (non-hydrogen) atoms. The molecule has 1 unspecified atom stereocenters. The molecule has 2 aromatic carbocycles. The van der Waals surface area contributed by atoms with E-state index in [0.717, 1.165) is 21.5 Å². The number of carbonyl (C=O) groups is 1. The zero-order valence-electron chi connectivity index (χ0n) is 17.2. The highest BCUT2D eigenvalue weighted by Crippen LogP contribution is 2.25. The van der Waals surface area contributed by atoms with E-state index in [2.05, 4.69) is 31.4 Å².